The zero-order valence-corrected chi connectivity index (χ0v) is 16.9. The Morgan fingerprint density at radius 2 is 1.93 bits per heavy atom. The van der Waals surface area contributed by atoms with Gasteiger partial charge in [-0.15, -0.1) is 0 Å². The van der Waals surface area contributed by atoms with Gasteiger partial charge in [0.1, 0.15) is 5.69 Å². The fraction of sp³-hybridized carbons (Fsp3) is 0.476. The maximum Gasteiger partial charge on any atom is 0.272 e. The van der Waals surface area contributed by atoms with E-state index in [1.165, 1.54) is 5.56 Å². The summed E-state index contributed by atoms with van der Waals surface area (Å²) in [6.45, 7) is 9.14. The number of fused-ring (bicyclic) bond motifs is 1. The summed E-state index contributed by atoms with van der Waals surface area (Å²) in [7, 11) is 0. The number of benzene rings is 1. The smallest absolute Gasteiger partial charge is 0.272 e. The zero-order valence-electron chi connectivity index (χ0n) is 16.9. The molecule has 1 aromatic carbocycles. The fourth-order valence-electron chi connectivity index (χ4n) is 3.43. The summed E-state index contributed by atoms with van der Waals surface area (Å²) < 4.78 is 10.8. The van der Waals surface area contributed by atoms with Crippen molar-refractivity contribution in [1.82, 2.24) is 19.8 Å². The van der Waals surface area contributed by atoms with Gasteiger partial charge in [-0.05, 0) is 29.7 Å². The van der Waals surface area contributed by atoms with Gasteiger partial charge < -0.3 is 19.7 Å². The molecule has 0 unspecified atom stereocenters. The quantitative estimate of drug-likeness (QED) is 0.801. The molecular formula is C21H27N5O3. The third-order valence-electron chi connectivity index (χ3n) is 5.05. The summed E-state index contributed by atoms with van der Waals surface area (Å²) >= 11 is 0. The molecule has 0 saturated carbocycles. The maximum absolute atomic E-state index is 12.8. The summed E-state index contributed by atoms with van der Waals surface area (Å²) in [5.41, 5.74) is 1.63. The first-order valence-corrected chi connectivity index (χ1v) is 10.1. The van der Waals surface area contributed by atoms with E-state index in [0.717, 1.165) is 37.7 Å². The van der Waals surface area contributed by atoms with Crippen LogP contribution in [0.5, 0.6) is 11.5 Å². The van der Waals surface area contributed by atoms with Gasteiger partial charge in [-0.25, -0.2) is 9.97 Å². The highest BCUT2D eigenvalue weighted by Crippen LogP contribution is 2.32. The van der Waals surface area contributed by atoms with E-state index in [2.05, 4.69) is 40.1 Å². The second-order valence-corrected chi connectivity index (χ2v) is 7.80. The van der Waals surface area contributed by atoms with Crippen LogP contribution in [0.4, 0.5) is 5.95 Å². The van der Waals surface area contributed by atoms with Crippen LogP contribution >= 0.6 is 0 Å². The summed E-state index contributed by atoms with van der Waals surface area (Å²) in [6.07, 6.45) is 1.64. The second kappa shape index (κ2) is 8.65. The van der Waals surface area contributed by atoms with Crippen LogP contribution in [0.15, 0.2) is 30.5 Å². The molecule has 154 valence electrons. The van der Waals surface area contributed by atoms with E-state index in [1.807, 2.05) is 17.0 Å². The number of nitrogens with zero attached hydrogens (tertiary/aromatic N) is 4. The van der Waals surface area contributed by atoms with Crippen molar-refractivity contribution >= 4 is 11.9 Å². The Kier molecular flexibility index (Phi) is 5.80. The number of amides is 1. The Morgan fingerprint density at radius 1 is 1.14 bits per heavy atom. The molecule has 0 aliphatic carbocycles. The maximum atomic E-state index is 12.8. The molecule has 4 rings (SSSR count). The lowest BCUT2D eigenvalue weighted by Crippen LogP contribution is -2.48. The average molecular weight is 397 g/mol. The normalized spacial score (nSPS) is 16.3. The SMILES string of the molecule is CC(C)CNc1nccc(C(=O)N2CCN(Cc3ccc4c(c3)OCO4)CC2)n1. The molecule has 1 amide bonds. The highest BCUT2D eigenvalue weighted by Gasteiger charge is 2.24. The molecule has 0 atom stereocenters. The first-order valence-electron chi connectivity index (χ1n) is 10.1. The minimum atomic E-state index is -0.0391. The molecule has 3 heterocycles. The van der Waals surface area contributed by atoms with E-state index in [4.69, 9.17) is 9.47 Å². The standard InChI is InChI=1S/C21H27N5O3/c1-15(2)12-23-21-22-6-5-17(24-21)20(27)26-9-7-25(8-10-26)13-16-3-4-18-19(11-16)29-14-28-18/h3-6,11,15H,7-10,12-14H2,1-2H3,(H,22,23,24). The molecule has 2 aliphatic heterocycles. The third kappa shape index (κ3) is 4.76. The molecule has 0 radical (unpaired) electrons. The van der Waals surface area contributed by atoms with Crippen LogP contribution in [0.1, 0.15) is 29.9 Å². The molecule has 1 fully saturated rings. The largest absolute Gasteiger partial charge is 0.454 e. The summed E-state index contributed by atoms with van der Waals surface area (Å²) in [6, 6.07) is 7.74. The van der Waals surface area contributed by atoms with Crippen LogP contribution in [-0.4, -0.2) is 65.2 Å². The lowest BCUT2D eigenvalue weighted by Gasteiger charge is -2.34. The van der Waals surface area contributed by atoms with Crippen molar-refractivity contribution in [3.05, 3.63) is 41.7 Å². The van der Waals surface area contributed by atoms with Crippen LogP contribution in [-0.2, 0) is 6.54 Å². The van der Waals surface area contributed by atoms with E-state index in [9.17, 15) is 4.79 Å². The Labute approximate surface area is 170 Å². The number of carbonyl (C=O) groups excluding carboxylic acids is 1. The number of hydrogen-bond donors (Lipinski definition) is 1. The minimum absolute atomic E-state index is 0.0391. The number of anilines is 1. The predicted octanol–water partition coefficient (Wildman–Crippen LogP) is 2.23. The highest BCUT2D eigenvalue weighted by atomic mass is 16.7. The lowest BCUT2D eigenvalue weighted by molar-refractivity contribution is 0.0622. The van der Waals surface area contributed by atoms with Crippen LogP contribution in [0.2, 0.25) is 0 Å². The third-order valence-corrected chi connectivity index (χ3v) is 5.05. The molecular weight excluding hydrogens is 370 g/mol. The van der Waals surface area contributed by atoms with Crippen molar-refractivity contribution in [2.45, 2.75) is 20.4 Å². The molecule has 2 aromatic rings. The van der Waals surface area contributed by atoms with Crippen molar-refractivity contribution in [1.29, 1.82) is 0 Å². The minimum Gasteiger partial charge on any atom is -0.454 e. The Hall–Kier alpha value is -2.87. The van der Waals surface area contributed by atoms with Gasteiger partial charge >= 0.3 is 0 Å². The van der Waals surface area contributed by atoms with Crippen LogP contribution in [0, 0.1) is 5.92 Å². The van der Waals surface area contributed by atoms with Gasteiger partial charge in [-0.3, -0.25) is 9.69 Å². The molecule has 0 bridgehead atoms. The molecule has 0 spiro atoms. The zero-order chi connectivity index (χ0) is 20.2. The predicted molar refractivity (Wildman–Crippen MR) is 109 cm³/mol. The van der Waals surface area contributed by atoms with E-state index >= 15 is 0 Å². The topological polar surface area (TPSA) is 79.8 Å². The van der Waals surface area contributed by atoms with Gasteiger partial charge in [-0.2, -0.15) is 0 Å². The Balaban J connectivity index is 1.31. The second-order valence-electron chi connectivity index (χ2n) is 7.80. The van der Waals surface area contributed by atoms with Gasteiger partial charge in [0.15, 0.2) is 11.5 Å². The van der Waals surface area contributed by atoms with Crippen molar-refractivity contribution in [2.24, 2.45) is 5.92 Å². The van der Waals surface area contributed by atoms with Gasteiger partial charge in [0.2, 0.25) is 12.7 Å². The van der Waals surface area contributed by atoms with E-state index in [1.54, 1.807) is 12.3 Å². The first-order chi connectivity index (χ1) is 14.1. The number of ether oxygens (including phenoxy) is 2. The number of aromatic nitrogens is 2. The van der Waals surface area contributed by atoms with E-state index < -0.39 is 0 Å². The number of carbonyl (C=O) groups is 1. The van der Waals surface area contributed by atoms with Crippen LogP contribution < -0.4 is 14.8 Å². The fourth-order valence-corrected chi connectivity index (χ4v) is 3.43. The lowest BCUT2D eigenvalue weighted by atomic mass is 10.1. The Morgan fingerprint density at radius 3 is 2.72 bits per heavy atom. The monoisotopic (exact) mass is 397 g/mol. The van der Waals surface area contributed by atoms with Crippen molar-refractivity contribution in [3.8, 4) is 11.5 Å². The van der Waals surface area contributed by atoms with E-state index in [-0.39, 0.29) is 12.7 Å². The van der Waals surface area contributed by atoms with Crippen LogP contribution in [0.25, 0.3) is 0 Å². The summed E-state index contributed by atoms with van der Waals surface area (Å²) in [5.74, 6) is 2.56. The van der Waals surface area contributed by atoms with Crippen molar-refractivity contribution in [3.63, 3.8) is 0 Å². The summed E-state index contributed by atoms with van der Waals surface area (Å²) in [4.78, 5) is 25.6. The molecule has 1 aromatic heterocycles. The number of rotatable bonds is 6. The van der Waals surface area contributed by atoms with Crippen molar-refractivity contribution < 1.29 is 14.3 Å². The van der Waals surface area contributed by atoms with Crippen LogP contribution in [0.3, 0.4) is 0 Å². The number of piperazine rings is 1. The molecule has 1 saturated heterocycles. The number of nitrogens with one attached hydrogen (secondary N) is 1. The van der Waals surface area contributed by atoms with Gasteiger partial charge in [0.25, 0.3) is 5.91 Å². The first kappa shape index (κ1) is 19.4. The molecule has 29 heavy (non-hydrogen) atoms. The average Bonchev–Trinajstić information content (AvgIpc) is 3.20. The number of hydrogen-bond acceptors (Lipinski definition) is 7. The molecule has 1 N–H and O–H groups in total. The molecule has 8 nitrogen and oxygen atoms in total. The van der Waals surface area contributed by atoms with E-state index in [0.29, 0.717) is 30.6 Å². The molecule has 2 aliphatic rings. The Bertz CT molecular complexity index is 865. The summed E-state index contributed by atoms with van der Waals surface area (Å²) in [5, 5.41) is 3.17. The van der Waals surface area contributed by atoms with Gasteiger partial charge in [0.05, 0.1) is 0 Å². The molecule has 8 heteroatoms. The van der Waals surface area contributed by atoms with Crippen molar-refractivity contribution in [2.75, 3.05) is 44.8 Å². The van der Waals surface area contributed by atoms with Gasteiger partial charge in [-0.1, -0.05) is 19.9 Å². The van der Waals surface area contributed by atoms with Gasteiger partial charge in [0, 0.05) is 45.5 Å². The highest BCUT2D eigenvalue weighted by molar-refractivity contribution is 5.92.